The van der Waals surface area contributed by atoms with Gasteiger partial charge in [0.15, 0.2) is 5.78 Å². The molecule has 0 aliphatic carbocycles. The molecule has 0 fully saturated rings. The highest BCUT2D eigenvalue weighted by Crippen LogP contribution is 2.31. The van der Waals surface area contributed by atoms with Gasteiger partial charge in [-0.15, -0.1) is 0 Å². The van der Waals surface area contributed by atoms with Crippen molar-refractivity contribution in [3.63, 3.8) is 0 Å². The molecule has 2 rings (SSSR count). The minimum absolute atomic E-state index is 0.00477. The molecule has 0 spiro atoms. The molecule has 5 heteroatoms. The molecule has 0 saturated heterocycles. The Kier molecular flexibility index (Phi) is 3.50. The van der Waals surface area contributed by atoms with Gasteiger partial charge in [0.05, 0.1) is 11.5 Å². The molecule has 1 aromatic rings. The Bertz CT molecular complexity index is 494. The van der Waals surface area contributed by atoms with Crippen LogP contribution in [0.2, 0.25) is 0 Å². The molecule has 0 saturated carbocycles. The number of carbonyl (C=O) groups excluding carboxylic acids is 2. The Labute approximate surface area is 108 Å². The Hall–Kier alpha value is -1.32. The highest BCUT2D eigenvalue weighted by Gasteiger charge is 2.33. The standard InChI is InChI=1S/C12H8Cl2O3/c13-10-9(17-12(16)11(10)14)6-8(15)7-4-2-1-3-5-7/h1-5,9H,6H2/t9-/m0/s1. The summed E-state index contributed by atoms with van der Waals surface area (Å²) in [6.07, 6.45) is -0.755. The van der Waals surface area contributed by atoms with E-state index in [9.17, 15) is 9.59 Å². The van der Waals surface area contributed by atoms with Crippen LogP contribution in [0.5, 0.6) is 0 Å². The van der Waals surface area contributed by atoms with Crippen LogP contribution in [-0.2, 0) is 9.53 Å². The Balaban J connectivity index is 2.09. The van der Waals surface area contributed by atoms with Crippen molar-refractivity contribution in [1.29, 1.82) is 0 Å². The van der Waals surface area contributed by atoms with Crippen LogP contribution in [0.1, 0.15) is 16.8 Å². The van der Waals surface area contributed by atoms with Crippen molar-refractivity contribution in [2.75, 3.05) is 0 Å². The molecular weight excluding hydrogens is 263 g/mol. The number of ether oxygens (including phenoxy) is 1. The topological polar surface area (TPSA) is 43.4 Å². The molecule has 0 aromatic heterocycles. The lowest BCUT2D eigenvalue weighted by molar-refractivity contribution is -0.138. The van der Waals surface area contributed by atoms with Gasteiger partial charge >= 0.3 is 5.97 Å². The van der Waals surface area contributed by atoms with Gasteiger partial charge in [-0.3, -0.25) is 4.79 Å². The van der Waals surface area contributed by atoms with Gasteiger partial charge in [0.25, 0.3) is 0 Å². The van der Waals surface area contributed by atoms with Gasteiger partial charge in [-0.2, -0.15) is 0 Å². The van der Waals surface area contributed by atoms with Crippen LogP contribution < -0.4 is 0 Å². The number of ketones is 1. The van der Waals surface area contributed by atoms with E-state index < -0.39 is 12.1 Å². The number of hydrogen-bond donors (Lipinski definition) is 0. The lowest BCUT2D eigenvalue weighted by atomic mass is 10.1. The summed E-state index contributed by atoms with van der Waals surface area (Å²) in [5, 5.41) is -0.0431. The zero-order valence-corrected chi connectivity index (χ0v) is 10.2. The molecule has 88 valence electrons. The summed E-state index contributed by atoms with van der Waals surface area (Å²) in [5.74, 6) is -0.824. The van der Waals surface area contributed by atoms with Gasteiger partial charge in [0.2, 0.25) is 0 Å². The molecule has 1 aliphatic rings. The number of benzene rings is 1. The summed E-state index contributed by atoms with van der Waals surface area (Å²) < 4.78 is 4.88. The third-order valence-electron chi connectivity index (χ3n) is 2.39. The van der Waals surface area contributed by atoms with Gasteiger partial charge < -0.3 is 4.74 Å². The van der Waals surface area contributed by atoms with Crippen LogP contribution in [0.3, 0.4) is 0 Å². The fraction of sp³-hybridized carbons (Fsp3) is 0.167. The maximum atomic E-state index is 11.8. The second kappa shape index (κ2) is 4.90. The van der Waals surface area contributed by atoms with Crippen molar-refractivity contribution in [1.82, 2.24) is 0 Å². The van der Waals surface area contributed by atoms with Crippen LogP contribution in [-0.4, -0.2) is 17.9 Å². The van der Waals surface area contributed by atoms with Crippen molar-refractivity contribution >= 4 is 35.0 Å². The summed E-state index contributed by atoms with van der Waals surface area (Å²) >= 11 is 11.4. The van der Waals surface area contributed by atoms with Crippen molar-refractivity contribution in [3.8, 4) is 0 Å². The second-order valence-electron chi connectivity index (χ2n) is 3.55. The maximum absolute atomic E-state index is 11.8. The predicted molar refractivity (Wildman–Crippen MR) is 64.0 cm³/mol. The van der Waals surface area contributed by atoms with E-state index >= 15 is 0 Å². The van der Waals surface area contributed by atoms with Crippen LogP contribution in [0.4, 0.5) is 0 Å². The van der Waals surface area contributed by atoms with E-state index in [2.05, 4.69) is 0 Å². The van der Waals surface area contributed by atoms with E-state index in [0.717, 1.165) is 0 Å². The molecule has 3 nitrogen and oxygen atoms in total. The smallest absolute Gasteiger partial charge is 0.351 e. The fourth-order valence-corrected chi connectivity index (χ4v) is 1.88. The predicted octanol–water partition coefficient (Wildman–Crippen LogP) is 2.87. The Morgan fingerprint density at radius 2 is 1.88 bits per heavy atom. The number of esters is 1. The lowest BCUT2D eigenvalue weighted by Gasteiger charge is -2.08. The average Bonchev–Trinajstić information content (AvgIpc) is 2.58. The van der Waals surface area contributed by atoms with Crippen LogP contribution in [0, 0.1) is 0 Å². The molecule has 0 N–H and O–H groups in total. The van der Waals surface area contributed by atoms with Crippen molar-refractivity contribution < 1.29 is 14.3 Å². The van der Waals surface area contributed by atoms with Gasteiger partial charge in [0.1, 0.15) is 11.1 Å². The summed E-state index contributed by atoms with van der Waals surface area (Å²) in [5.41, 5.74) is 0.552. The van der Waals surface area contributed by atoms with E-state index in [-0.39, 0.29) is 22.3 Å². The normalized spacial score (nSPS) is 19.4. The third-order valence-corrected chi connectivity index (χ3v) is 3.27. The number of halogens is 2. The summed E-state index contributed by atoms with van der Waals surface area (Å²) in [6, 6.07) is 8.73. The molecule has 0 amide bonds. The van der Waals surface area contributed by atoms with Crippen molar-refractivity contribution in [2.24, 2.45) is 0 Å². The van der Waals surface area contributed by atoms with Gasteiger partial charge in [-0.25, -0.2) is 4.79 Å². The molecule has 0 bridgehead atoms. The first-order chi connectivity index (χ1) is 8.09. The van der Waals surface area contributed by atoms with Gasteiger partial charge in [-0.05, 0) is 0 Å². The molecule has 1 aliphatic heterocycles. The highest BCUT2D eigenvalue weighted by molar-refractivity contribution is 6.48. The zero-order chi connectivity index (χ0) is 12.4. The number of hydrogen-bond acceptors (Lipinski definition) is 3. The van der Waals surface area contributed by atoms with Crippen LogP contribution in [0.25, 0.3) is 0 Å². The number of Topliss-reactive ketones (excluding diaryl/α,β-unsaturated/α-hetero) is 1. The van der Waals surface area contributed by atoms with Crippen LogP contribution >= 0.6 is 23.2 Å². The van der Waals surface area contributed by atoms with E-state index in [1.165, 1.54) is 0 Å². The zero-order valence-electron chi connectivity index (χ0n) is 8.65. The number of cyclic esters (lactones) is 1. The largest absolute Gasteiger partial charge is 0.452 e. The molecule has 0 unspecified atom stereocenters. The van der Waals surface area contributed by atoms with Crippen LogP contribution in [0.15, 0.2) is 40.4 Å². The average molecular weight is 271 g/mol. The van der Waals surface area contributed by atoms with Crippen molar-refractivity contribution in [2.45, 2.75) is 12.5 Å². The minimum atomic E-state index is -0.760. The number of rotatable bonds is 3. The molecule has 1 atom stereocenters. The van der Waals surface area contributed by atoms with Gasteiger partial charge in [-0.1, -0.05) is 53.5 Å². The summed E-state index contributed by atoms with van der Waals surface area (Å²) in [6.45, 7) is 0. The van der Waals surface area contributed by atoms with Crippen molar-refractivity contribution in [3.05, 3.63) is 46.0 Å². The second-order valence-corrected chi connectivity index (χ2v) is 4.33. The quantitative estimate of drug-likeness (QED) is 0.627. The molecule has 1 heterocycles. The number of carbonyl (C=O) groups is 2. The summed E-state index contributed by atoms with van der Waals surface area (Å²) in [7, 11) is 0. The summed E-state index contributed by atoms with van der Waals surface area (Å²) in [4.78, 5) is 22.9. The monoisotopic (exact) mass is 270 g/mol. The first kappa shape index (κ1) is 12.1. The Morgan fingerprint density at radius 1 is 1.24 bits per heavy atom. The molecule has 0 radical (unpaired) electrons. The minimum Gasteiger partial charge on any atom is -0.452 e. The SMILES string of the molecule is O=C1O[C@@H](CC(=O)c2ccccc2)C(Cl)=C1Cl. The highest BCUT2D eigenvalue weighted by atomic mass is 35.5. The lowest BCUT2D eigenvalue weighted by Crippen LogP contribution is -2.15. The first-order valence-electron chi connectivity index (χ1n) is 4.94. The van der Waals surface area contributed by atoms with Gasteiger partial charge in [0, 0.05) is 5.56 Å². The van der Waals surface area contributed by atoms with E-state index in [1.54, 1.807) is 24.3 Å². The van der Waals surface area contributed by atoms with E-state index in [0.29, 0.717) is 5.56 Å². The first-order valence-corrected chi connectivity index (χ1v) is 5.69. The molecule has 1 aromatic carbocycles. The molecule has 17 heavy (non-hydrogen) atoms. The van der Waals surface area contributed by atoms with E-state index in [4.69, 9.17) is 27.9 Å². The fourth-order valence-electron chi connectivity index (χ4n) is 1.51. The van der Waals surface area contributed by atoms with E-state index in [1.807, 2.05) is 6.07 Å². The Morgan fingerprint density at radius 3 is 2.41 bits per heavy atom. The third kappa shape index (κ3) is 2.51. The molecular formula is C12H8Cl2O3. The maximum Gasteiger partial charge on any atom is 0.351 e.